The van der Waals surface area contributed by atoms with Gasteiger partial charge in [0, 0.05) is 26.7 Å². The summed E-state index contributed by atoms with van der Waals surface area (Å²) in [6.45, 7) is 10.4. The van der Waals surface area contributed by atoms with Crippen LogP contribution in [0.15, 0.2) is 24.3 Å². The number of hydrogen-bond acceptors (Lipinski definition) is 5. The van der Waals surface area contributed by atoms with Crippen LogP contribution < -0.4 is 5.32 Å². The third-order valence-electron chi connectivity index (χ3n) is 5.55. The summed E-state index contributed by atoms with van der Waals surface area (Å²) >= 11 is 0. The Kier molecular flexibility index (Phi) is 4.83. The van der Waals surface area contributed by atoms with E-state index in [1.807, 2.05) is 25.6 Å². The first-order valence-electron chi connectivity index (χ1n) is 9.70. The highest BCUT2D eigenvalue weighted by atomic mass is 15.3. The molecule has 6 nitrogen and oxygen atoms in total. The Balaban J connectivity index is 1.42. The van der Waals surface area contributed by atoms with Gasteiger partial charge in [-0.05, 0) is 50.8 Å². The lowest BCUT2D eigenvalue weighted by Gasteiger charge is -2.18. The molecule has 142 valence electrons. The zero-order chi connectivity index (χ0) is 19.0. The zero-order valence-corrected chi connectivity index (χ0v) is 16.7. The highest BCUT2D eigenvalue weighted by Gasteiger charge is 2.23. The van der Waals surface area contributed by atoms with Crippen LogP contribution in [0.25, 0.3) is 11.0 Å². The quantitative estimate of drug-likeness (QED) is 0.753. The molecule has 0 bridgehead atoms. The van der Waals surface area contributed by atoms with Crippen molar-refractivity contribution in [2.75, 3.05) is 25.0 Å². The normalized spacial score (nSPS) is 17.7. The van der Waals surface area contributed by atoms with Crippen molar-refractivity contribution in [1.29, 1.82) is 0 Å². The summed E-state index contributed by atoms with van der Waals surface area (Å²) in [5, 5.41) is 9.13. The van der Waals surface area contributed by atoms with Gasteiger partial charge >= 0.3 is 0 Å². The highest BCUT2D eigenvalue weighted by molar-refractivity contribution is 5.89. The molecule has 1 aliphatic rings. The van der Waals surface area contributed by atoms with E-state index < -0.39 is 0 Å². The summed E-state index contributed by atoms with van der Waals surface area (Å²) in [5.74, 6) is 2.33. The molecule has 0 aliphatic carbocycles. The number of aryl methyl sites for hydroxylation is 4. The highest BCUT2D eigenvalue weighted by Crippen LogP contribution is 2.25. The lowest BCUT2D eigenvalue weighted by Crippen LogP contribution is -2.23. The van der Waals surface area contributed by atoms with E-state index in [0.29, 0.717) is 5.92 Å². The second-order valence-corrected chi connectivity index (χ2v) is 7.72. The SMILES string of the molecule is Cc1nc(NC[C@@H]2CCN(Cc3ccccc3C)C2)c2c(C)nn(C)c2n1. The molecule has 1 aromatic carbocycles. The first-order valence-corrected chi connectivity index (χ1v) is 9.70. The Morgan fingerprint density at radius 2 is 1.96 bits per heavy atom. The Hall–Kier alpha value is -2.47. The topological polar surface area (TPSA) is 58.9 Å². The summed E-state index contributed by atoms with van der Waals surface area (Å²) < 4.78 is 1.84. The summed E-state index contributed by atoms with van der Waals surface area (Å²) in [7, 11) is 1.94. The molecule has 3 aromatic rings. The summed E-state index contributed by atoms with van der Waals surface area (Å²) in [6, 6.07) is 8.69. The van der Waals surface area contributed by atoms with Crippen molar-refractivity contribution < 1.29 is 0 Å². The summed E-state index contributed by atoms with van der Waals surface area (Å²) in [4.78, 5) is 11.8. The van der Waals surface area contributed by atoms with Crippen molar-refractivity contribution in [3.05, 3.63) is 46.9 Å². The van der Waals surface area contributed by atoms with Gasteiger partial charge in [0.1, 0.15) is 11.6 Å². The molecule has 0 saturated carbocycles. The molecule has 0 spiro atoms. The molecular weight excluding hydrogens is 336 g/mol. The van der Waals surface area contributed by atoms with E-state index in [4.69, 9.17) is 0 Å². The molecule has 0 radical (unpaired) electrons. The van der Waals surface area contributed by atoms with Crippen LogP contribution in [0.5, 0.6) is 0 Å². The van der Waals surface area contributed by atoms with Crippen molar-refractivity contribution in [3.8, 4) is 0 Å². The minimum absolute atomic E-state index is 0.635. The minimum Gasteiger partial charge on any atom is -0.369 e. The second kappa shape index (κ2) is 7.27. The van der Waals surface area contributed by atoms with Crippen molar-refractivity contribution in [2.45, 2.75) is 33.7 Å². The number of likely N-dealkylation sites (tertiary alicyclic amines) is 1. The Morgan fingerprint density at radius 3 is 2.78 bits per heavy atom. The van der Waals surface area contributed by atoms with E-state index in [2.05, 4.69) is 56.5 Å². The standard InChI is InChI=1S/C21H28N6/c1-14-7-5-6-8-18(14)13-27-10-9-17(12-27)11-22-20-19-15(2)25-26(4)21(19)24-16(3)23-20/h5-8,17H,9-13H2,1-4H3,(H,22,23,24)/t17-/m0/s1. The first kappa shape index (κ1) is 17.9. The molecule has 27 heavy (non-hydrogen) atoms. The lowest BCUT2D eigenvalue weighted by atomic mass is 10.1. The molecule has 1 atom stereocenters. The van der Waals surface area contributed by atoms with Crippen molar-refractivity contribution in [1.82, 2.24) is 24.6 Å². The molecule has 2 aromatic heterocycles. The number of nitrogens with one attached hydrogen (secondary N) is 1. The molecule has 1 fully saturated rings. The number of rotatable bonds is 5. The first-order chi connectivity index (χ1) is 13.0. The van der Waals surface area contributed by atoms with E-state index >= 15 is 0 Å². The largest absolute Gasteiger partial charge is 0.369 e. The maximum atomic E-state index is 4.65. The molecule has 0 amide bonds. The summed E-state index contributed by atoms with van der Waals surface area (Å²) in [6.07, 6.45) is 1.22. The Bertz CT molecular complexity index is 961. The molecule has 3 heterocycles. The van der Waals surface area contributed by atoms with Crippen LogP contribution in [0, 0.1) is 26.7 Å². The van der Waals surface area contributed by atoms with Crippen molar-refractivity contribution in [2.24, 2.45) is 13.0 Å². The number of nitrogens with zero attached hydrogens (tertiary/aromatic N) is 5. The average Bonchev–Trinajstić information content (AvgIpc) is 3.19. The smallest absolute Gasteiger partial charge is 0.163 e. The van der Waals surface area contributed by atoms with E-state index in [-0.39, 0.29) is 0 Å². The third kappa shape index (κ3) is 3.67. The molecular formula is C21H28N6. The van der Waals surface area contributed by atoms with Gasteiger partial charge in [-0.25, -0.2) is 9.97 Å². The van der Waals surface area contributed by atoms with Gasteiger partial charge in [0.25, 0.3) is 0 Å². The van der Waals surface area contributed by atoms with Gasteiger partial charge in [-0.15, -0.1) is 0 Å². The van der Waals surface area contributed by atoms with Crippen LogP contribution in [0.2, 0.25) is 0 Å². The predicted molar refractivity (Wildman–Crippen MR) is 109 cm³/mol. The maximum Gasteiger partial charge on any atom is 0.163 e. The fraction of sp³-hybridized carbons (Fsp3) is 0.476. The monoisotopic (exact) mass is 364 g/mol. The second-order valence-electron chi connectivity index (χ2n) is 7.72. The number of benzene rings is 1. The summed E-state index contributed by atoms with van der Waals surface area (Å²) in [5.41, 5.74) is 4.69. The van der Waals surface area contributed by atoms with Gasteiger partial charge in [-0.1, -0.05) is 24.3 Å². The minimum atomic E-state index is 0.635. The van der Waals surface area contributed by atoms with Crippen LogP contribution in [0.4, 0.5) is 5.82 Å². The van der Waals surface area contributed by atoms with Crippen LogP contribution in [0.3, 0.4) is 0 Å². The van der Waals surface area contributed by atoms with Crippen LogP contribution in [-0.2, 0) is 13.6 Å². The van der Waals surface area contributed by atoms with Gasteiger partial charge in [0.15, 0.2) is 5.65 Å². The van der Waals surface area contributed by atoms with Crippen molar-refractivity contribution >= 4 is 16.9 Å². The fourth-order valence-electron chi connectivity index (χ4n) is 4.07. The maximum absolute atomic E-state index is 4.65. The molecule has 1 aliphatic heterocycles. The predicted octanol–water partition coefficient (Wildman–Crippen LogP) is 3.22. The van der Waals surface area contributed by atoms with Crippen LogP contribution in [-0.4, -0.2) is 44.3 Å². The van der Waals surface area contributed by atoms with Gasteiger partial charge in [0.05, 0.1) is 11.1 Å². The molecule has 6 heteroatoms. The number of hydrogen-bond donors (Lipinski definition) is 1. The van der Waals surface area contributed by atoms with E-state index in [0.717, 1.165) is 54.5 Å². The molecule has 1 N–H and O–H groups in total. The molecule has 0 unspecified atom stereocenters. The van der Waals surface area contributed by atoms with E-state index in [9.17, 15) is 0 Å². The average molecular weight is 364 g/mol. The van der Waals surface area contributed by atoms with Crippen molar-refractivity contribution in [3.63, 3.8) is 0 Å². The molecule has 4 rings (SSSR count). The van der Waals surface area contributed by atoms with Gasteiger partial charge < -0.3 is 5.32 Å². The van der Waals surface area contributed by atoms with E-state index in [1.165, 1.54) is 17.5 Å². The number of fused-ring (bicyclic) bond motifs is 1. The number of aromatic nitrogens is 4. The fourth-order valence-corrected chi connectivity index (χ4v) is 4.07. The van der Waals surface area contributed by atoms with E-state index in [1.54, 1.807) is 0 Å². The van der Waals surface area contributed by atoms with Crippen LogP contribution in [0.1, 0.15) is 29.1 Å². The lowest BCUT2D eigenvalue weighted by molar-refractivity contribution is 0.318. The van der Waals surface area contributed by atoms with Gasteiger partial charge in [0.2, 0.25) is 0 Å². The molecule has 1 saturated heterocycles. The zero-order valence-electron chi connectivity index (χ0n) is 16.7. The third-order valence-corrected chi connectivity index (χ3v) is 5.55. The van der Waals surface area contributed by atoms with Gasteiger partial charge in [-0.2, -0.15) is 5.10 Å². The van der Waals surface area contributed by atoms with Crippen LogP contribution >= 0.6 is 0 Å². The Labute approximate surface area is 160 Å². The van der Waals surface area contributed by atoms with Gasteiger partial charge in [-0.3, -0.25) is 9.58 Å². The number of anilines is 1. The Morgan fingerprint density at radius 1 is 1.15 bits per heavy atom.